The smallest absolute Gasteiger partial charge is 0.247 e. The molecule has 0 saturated heterocycles. The van der Waals surface area contributed by atoms with E-state index in [-0.39, 0.29) is 11.1 Å². The van der Waals surface area contributed by atoms with Gasteiger partial charge in [-0.05, 0) is 30.5 Å². The van der Waals surface area contributed by atoms with E-state index < -0.39 is 23.2 Å². The average molecular weight is 361 g/mol. The number of fused-ring (bicyclic) bond motifs is 2. The summed E-state index contributed by atoms with van der Waals surface area (Å²) < 4.78 is 47.0. The normalized spacial score (nSPS) is 21.4. The molecule has 2 aliphatic rings. The fraction of sp³-hybridized carbons (Fsp3) is 0.222. The zero-order valence-corrected chi connectivity index (χ0v) is 13.8. The molecule has 1 spiro atoms. The van der Waals surface area contributed by atoms with Gasteiger partial charge in [0.2, 0.25) is 11.7 Å². The third kappa shape index (κ3) is 2.45. The van der Waals surface area contributed by atoms with E-state index in [0.717, 1.165) is 6.07 Å². The lowest BCUT2D eigenvalue weighted by Gasteiger charge is -2.32. The Hall–Kier alpha value is -2.87. The van der Waals surface area contributed by atoms with Gasteiger partial charge in [0.15, 0.2) is 11.6 Å². The minimum absolute atomic E-state index is 0.191. The van der Waals surface area contributed by atoms with Crippen molar-refractivity contribution in [1.82, 2.24) is 5.06 Å². The van der Waals surface area contributed by atoms with Crippen LogP contribution >= 0.6 is 0 Å². The molecule has 1 atom stereocenters. The standard InChI is InChI=1S/C18H14F3N3O2/c1-22-17-23-18(26-24(17)2)5-6-25-15-4-3-10(7-13(15)18)12-8-11(19)9-14(20)16(12)21/h3-4,7-9H,1,5-6H2,2H3/t18-/m0/s1. The zero-order chi connectivity index (χ0) is 18.5. The van der Waals surface area contributed by atoms with E-state index in [2.05, 4.69) is 16.7 Å². The van der Waals surface area contributed by atoms with Gasteiger partial charge in [0, 0.05) is 25.1 Å². The molecule has 0 radical (unpaired) electrons. The monoisotopic (exact) mass is 361 g/mol. The first-order chi connectivity index (χ1) is 12.4. The molecule has 0 unspecified atom stereocenters. The molecule has 0 bridgehead atoms. The molecule has 26 heavy (non-hydrogen) atoms. The third-order valence-corrected chi connectivity index (χ3v) is 4.39. The van der Waals surface area contributed by atoms with Gasteiger partial charge in [0.05, 0.1) is 12.2 Å². The lowest BCUT2D eigenvalue weighted by atomic mass is 9.92. The molecule has 2 aliphatic heterocycles. The lowest BCUT2D eigenvalue weighted by Crippen LogP contribution is -2.34. The number of aliphatic imine (C=N–C) groups is 2. The highest BCUT2D eigenvalue weighted by Gasteiger charge is 2.46. The summed E-state index contributed by atoms with van der Waals surface area (Å²) in [6, 6.07) is 6.15. The number of benzene rings is 2. The second-order valence-corrected chi connectivity index (χ2v) is 6.00. The van der Waals surface area contributed by atoms with Crippen LogP contribution in [0.2, 0.25) is 0 Å². The van der Waals surface area contributed by atoms with Crippen LogP contribution in [-0.2, 0) is 10.6 Å². The van der Waals surface area contributed by atoms with Crippen molar-refractivity contribution in [2.75, 3.05) is 13.7 Å². The molecule has 5 nitrogen and oxygen atoms in total. The van der Waals surface area contributed by atoms with Crippen molar-refractivity contribution in [2.24, 2.45) is 9.98 Å². The fourth-order valence-corrected chi connectivity index (χ4v) is 3.19. The second-order valence-electron chi connectivity index (χ2n) is 6.00. The van der Waals surface area contributed by atoms with Crippen LogP contribution in [-0.4, -0.2) is 31.4 Å². The van der Waals surface area contributed by atoms with E-state index in [9.17, 15) is 13.2 Å². The van der Waals surface area contributed by atoms with Gasteiger partial charge in [-0.1, -0.05) is 6.07 Å². The van der Waals surface area contributed by atoms with Gasteiger partial charge in [-0.2, -0.15) is 0 Å². The molecular weight excluding hydrogens is 347 g/mol. The van der Waals surface area contributed by atoms with Crippen molar-refractivity contribution in [2.45, 2.75) is 12.1 Å². The van der Waals surface area contributed by atoms with Crippen molar-refractivity contribution in [3.63, 3.8) is 0 Å². The Labute approximate surface area is 147 Å². The van der Waals surface area contributed by atoms with Crippen LogP contribution in [0.15, 0.2) is 40.3 Å². The molecule has 134 valence electrons. The van der Waals surface area contributed by atoms with Crippen LogP contribution in [0, 0.1) is 17.5 Å². The Kier molecular flexibility index (Phi) is 3.73. The predicted octanol–water partition coefficient (Wildman–Crippen LogP) is 3.64. The summed E-state index contributed by atoms with van der Waals surface area (Å²) in [7, 11) is 1.64. The van der Waals surface area contributed by atoms with Crippen LogP contribution in [0.3, 0.4) is 0 Å². The molecule has 0 N–H and O–H groups in total. The molecule has 0 amide bonds. The number of nitrogens with zero attached hydrogens (tertiary/aromatic N) is 3. The Balaban J connectivity index is 1.88. The average Bonchev–Trinajstić information content (AvgIpc) is 2.94. The molecule has 4 rings (SSSR count). The first-order valence-corrected chi connectivity index (χ1v) is 7.85. The number of guanidine groups is 1. The molecule has 2 aromatic rings. The van der Waals surface area contributed by atoms with Gasteiger partial charge in [0.25, 0.3) is 0 Å². The van der Waals surface area contributed by atoms with Crippen LogP contribution < -0.4 is 4.74 Å². The van der Waals surface area contributed by atoms with E-state index >= 15 is 0 Å². The summed E-state index contributed by atoms with van der Waals surface area (Å²) in [5, 5.41) is 1.39. The maximum atomic E-state index is 14.2. The van der Waals surface area contributed by atoms with Crippen molar-refractivity contribution in [1.29, 1.82) is 0 Å². The van der Waals surface area contributed by atoms with E-state index in [0.29, 0.717) is 36.4 Å². The number of ether oxygens (including phenoxy) is 1. The number of hydrogen-bond donors (Lipinski definition) is 0. The third-order valence-electron chi connectivity index (χ3n) is 4.39. The van der Waals surface area contributed by atoms with Crippen LogP contribution in [0.1, 0.15) is 12.0 Å². The van der Waals surface area contributed by atoms with E-state index in [1.54, 1.807) is 19.2 Å². The topological polar surface area (TPSA) is 46.4 Å². The minimum atomic E-state index is -1.25. The number of hydrogen-bond acceptors (Lipinski definition) is 5. The number of hydroxylamine groups is 2. The van der Waals surface area contributed by atoms with Crippen LogP contribution in [0.5, 0.6) is 5.75 Å². The van der Waals surface area contributed by atoms with Gasteiger partial charge in [-0.25, -0.2) is 33.1 Å². The quantitative estimate of drug-likeness (QED) is 0.576. The van der Waals surface area contributed by atoms with Crippen LogP contribution in [0.4, 0.5) is 13.2 Å². The summed E-state index contributed by atoms with van der Waals surface area (Å²) in [6.07, 6.45) is 0.396. The first kappa shape index (κ1) is 16.6. The molecular formula is C18H14F3N3O2. The SMILES string of the molecule is C=NC1=N[C@@]2(CCOc3ccc(-c4cc(F)cc(F)c4F)cc32)ON1C. The second kappa shape index (κ2) is 5.84. The summed E-state index contributed by atoms with van der Waals surface area (Å²) in [5.74, 6) is -2.45. The Morgan fingerprint density at radius 1 is 1.23 bits per heavy atom. The first-order valence-electron chi connectivity index (χ1n) is 7.85. The van der Waals surface area contributed by atoms with Crippen molar-refractivity contribution < 1.29 is 22.7 Å². The largest absolute Gasteiger partial charge is 0.493 e. The van der Waals surface area contributed by atoms with Gasteiger partial charge in [-0.15, -0.1) is 0 Å². The van der Waals surface area contributed by atoms with Crippen LogP contribution in [0.25, 0.3) is 11.1 Å². The summed E-state index contributed by atoms with van der Waals surface area (Å²) in [5.41, 5.74) is -0.484. The van der Waals surface area contributed by atoms with Gasteiger partial charge >= 0.3 is 0 Å². The maximum Gasteiger partial charge on any atom is 0.247 e. The Bertz CT molecular complexity index is 948. The van der Waals surface area contributed by atoms with Crippen molar-refractivity contribution in [3.05, 3.63) is 53.3 Å². The molecule has 2 heterocycles. The highest BCUT2D eigenvalue weighted by atomic mass is 19.2. The molecule has 2 aromatic carbocycles. The summed E-state index contributed by atoms with van der Waals surface area (Å²) >= 11 is 0. The van der Waals surface area contributed by atoms with Gasteiger partial charge in [0.1, 0.15) is 11.6 Å². The lowest BCUT2D eigenvalue weighted by molar-refractivity contribution is -0.183. The molecule has 0 saturated carbocycles. The van der Waals surface area contributed by atoms with Crippen molar-refractivity contribution in [3.8, 4) is 16.9 Å². The highest BCUT2D eigenvalue weighted by molar-refractivity contribution is 5.84. The van der Waals surface area contributed by atoms with E-state index in [4.69, 9.17) is 9.57 Å². The molecule has 0 aromatic heterocycles. The van der Waals surface area contributed by atoms with Gasteiger partial charge in [-0.3, -0.25) is 0 Å². The van der Waals surface area contributed by atoms with E-state index in [1.807, 2.05) is 0 Å². The van der Waals surface area contributed by atoms with Crippen molar-refractivity contribution >= 4 is 12.7 Å². The Morgan fingerprint density at radius 2 is 2.04 bits per heavy atom. The maximum absolute atomic E-state index is 14.2. The molecule has 0 fully saturated rings. The minimum Gasteiger partial charge on any atom is -0.493 e. The zero-order valence-electron chi connectivity index (χ0n) is 13.8. The molecule has 0 aliphatic carbocycles. The Morgan fingerprint density at radius 3 is 2.77 bits per heavy atom. The fourth-order valence-electron chi connectivity index (χ4n) is 3.19. The number of halogens is 3. The number of rotatable bonds is 1. The van der Waals surface area contributed by atoms with Gasteiger partial charge < -0.3 is 4.74 Å². The molecule has 8 heteroatoms. The summed E-state index contributed by atoms with van der Waals surface area (Å²) in [6.45, 7) is 3.81. The summed E-state index contributed by atoms with van der Waals surface area (Å²) in [4.78, 5) is 14.2. The predicted molar refractivity (Wildman–Crippen MR) is 89.4 cm³/mol. The van der Waals surface area contributed by atoms with E-state index in [1.165, 1.54) is 11.1 Å². The highest BCUT2D eigenvalue weighted by Crippen LogP contribution is 2.46.